The second-order valence-corrected chi connectivity index (χ2v) is 5.67. The summed E-state index contributed by atoms with van der Waals surface area (Å²) in [6.07, 6.45) is 7.15. The molecule has 2 N–H and O–H groups in total. The second kappa shape index (κ2) is 3.21. The molecule has 2 nitrogen and oxygen atoms in total. The van der Waals surface area contributed by atoms with E-state index >= 15 is 0 Å². The predicted octanol–water partition coefficient (Wildman–Crippen LogP) is 1.60. The lowest BCUT2D eigenvalue weighted by atomic mass is 9.80. The van der Waals surface area contributed by atoms with Crippen LogP contribution in [0.15, 0.2) is 0 Å². The summed E-state index contributed by atoms with van der Waals surface area (Å²) in [5, 5.41) is 0. The first-order valence-electron chi connectivity index (χ1n) is 6.28. The summed E-state index contributed by atoms with van der Waals surface area (Å²) >= 11 is 0. The molecule has 2 heterocycles. The van der Waals surface area contributed by atoms with E-state index in [9.17, 15) is 0 Å². The fourth-order valence-corrected chi connectivity index (χ4v) is 3.87. The standard InChI is InChI=1S/C12H22N2/c1-8-4-2-3-5-10(8)14-7-9-6-11(14)12(9)13/h8-12H,2-7,13H2,1H3. The van der Waals surface area contributed by atoms with E-state index in [1.54, 1.807) is 0 Å². The highest BCUT2D eigenvalue weighted by molar-refractivity contribution is 5.09. The molecule has 4 fully saturated rings. The first kappa shape index (κ1) is 9.17. The third-order valence-corrected chi connectivity index (χ3v) is 4.90. The van der Waals surface area contributed by atoms with Gasteiger partial charge < -0.3 is 5.73 Å². The summed E-state index contributed by atoms with van der Waals surface area (Å²) in [5.74, 6) is 1.75. The van der Waals surface area contributed by atoms with Crippen LogP contribution in [-0.2, 0) is 0 Å². The molecule has 80 valence electrons. The molecule has 0 amide bonds. The molecule has 2 aliphatic carbocycles. The highest BCUT2D eigenvalue weighted by Gasteiger charge is 2.52. The van der Waals surface area contributed by atoms with Gasteiger partial charge in [-0.3, -0.25) is 4.90 Å². The van der Waals surface area contributed by atoms with Crippen LogP contribution in [-0.4, -0.2) is 29.6 Å². The molecule has 2 heteroatoms. The summed E-state index contributed by atoms with van der Waals surface area (Å²) in [5.41, 5.74) is 6.13. The van der Waals surface area contributed by atoms with Gasteiger partial charge >= 0.3 is 0 Å². The molecule has 2 saturated carbocycles. The van der Waals surface area contributed by atoms with Crippen LogP contribution in [0.4, 0.5) is 0 Å². The molecule has 2 bridgehead atoms. The van der Waals surface area contributed by atoms with Crippen molar-refractivity contribution in [3.05, 3.63) is 0 Å². The third-order valence-electron chi connectivity index (χ3n) is 4.90. The molecule has 5 atom stereocenters. The number of rotatable bonds is 1. The Bertz CT molecular complexity index is 228. The van der Waals surface area contributed by atoms with Crippen LogP contribution < -0.4 is 5.73 Å². The molecule has 2 aliphatic heterocycles. The van der Waals surface area contributed by atoms with Crippen molar-refractivity contribution in [1.82, 2.24) is 4.90 Å². The molecule has 0 aromatic carbocycles. The number of fused-ring (bicyclic) bond motifs is 1. The first-order valence-corrected chi connectivity index (χ1v) is 6.28. The topological polar surface area (TPSA) is 29.3 Å². The molecule has 2 saturated heterocycles. The zero-order chi connectivity index (χ0) is 9.71. The van der Waals surface area contributed by atoms with Crippen molar-refractivity contribution < 1.29 is 0 Å². The fraction of sp³-hybridized carbons (Fsp3) is 1.00. The SMILES string of the molecule is CC1CCCCC1N1CC2CC1C2N. The van der Waals surface area contributed by atoms with Crippen LogP contribution >= 0.6 is 0 Å². The first-order chi connectivity index (χ1) is 6.77. The van der Waals surface area contributed by atoms with E-state index in [1.165, 1.54) is 38.6 Å². The zero-order valence-corrected chi connectivity index (χ0v) is 9.15. The molecule has 14 heavy (non-hydrogen) atoms. The van der Waals surface area contributed by atoms with Crippen molar-refractivity contribution in [2.24, 2.45) is 17.6 Å². The Morgan fingerprint density at radius 2 is 1.93 bits per heavy atom. The summed E-state index contributed by atoms with van der Waals surface area (Å²) < 4.78 is 0. The largest absolute Gasteiger partial charge is 0.326 e. The molecule has 0 radical (unpaired) electrons. The van der Waals surface area contributed by atoms with Gasteiger partial charge in [-0.15, -0.1) is 0 Å². The maximum Gasteiger partial charge on any atom is 0.0257 e. The highest BCUT2D eigenvalue weighted by Crippen LogP contribution is 2.44. The van der Waals surface area contributed by atoms with Crippen LogP contribution in [0.1, 0.15) is 39.0 Å². The third kappa shape index (κ3) is 1.17. The van der Waals surface area contributed by atoms with Crippen LogP contribution in [0.25, 0.3) is 0 Å². The minimum absolute atomic E-state index is 0.518. The number of hydrogen-bond acceptors (Lipinski definition) is 2. The van der Waals surface area contributed by atoms with E-state index in [-0.39, 0.29) is 0 Å². The molecule has 0 spiro atoms. The van der Waals surface area contributed by atoms with Gasteiger partial charge in [-0.25, -0.2) is 0 Å². The lowest BCUT2D eigenvalue weighted by molar-refractivity contribution is 0.0989. The molecular weight excluding hydrogens is 172 g/mol. The van der Waals surface area contributed by atoms with E-state index < -0.39 is 0 Å². The van der Waals surface area contributed by atoms with E-state index in [0.717, 1.165) is 23.9 Å². The van der Waals surface area contributed by atoms with Gasteiger partial charge in [0.2, 0.25) is 0 Å². The maximum absolute atomic E-state index is 6.13. The smallest absolute Gasteiger partial charge is 0.0257 e. The normalized spacial score (nSPS) is 53.1. The van der Waals surface area contributed by atoms with Crippen molar-refractivity contribution in [3.63, 3.8) is 0 Å². The average molecular weight is 194 g/mol. The van der Waals surface area contributed by atoms with Gasteiger partial charge in [0, 0.05) is 24.7 Å². The summed E-state index contributed by atoms with van der Waals surface area (Å²) in [7, 11) is 0. The van der Waals surface area contributed by atoms with Gasteiger partial charge in [0.05, 0.1) is 0 Å². The van der Waals surface area contributed by atoms with Gasteiger partial charge in [-0.05, 0) is 31.1 Å². The summed E-state index contributed by atoms with van der Waals surface area (Å²) in [6.45, 7) is 3.74. The van der Waals surface area contributed by atoms with E-state index in [1.807, 2.05) is 0 Å². The minimum atomic E-state index is 0.518. The van der Waals surface area contributed by atoms with Crippen molar-refractivity contribution in [3.8, 4) is 0 Å². The predicted molar refractivity (Wildman–Crippen MR) is 58.0 cm³/mol. The van der Waals surface area contributed by atoms with Gasteiger partial charge in [-0.2, -0.15) is 0 Å². The van der Waals surface area contributed by atoms with Crippen molar-refractivity contribution >= 4 is 0 Å². The quantitative estimate of drug-likeness (QED) is 0.687. The Balaban J connectivity index is 1.70. The molecule has 4 aliphatic rings. The monoisotopic (exact) mass is 194 g/mol. The number of nitrogens with two attached hydrogens (primary N) is 1. The molecule has 4 rings (SSSR count). The van der Waals surface area contributed by atoms with Crippen molar-refractivity contribution in [1.29, 1.82) is 0 Å². The fourth-order valence-electron chi connectivity index (χ4n) is 3.87. The second-order valence-electron chi connectivity index (χ2n) is 5.67. The van der Waals surface area contributed by atoms with Gasteiger partial charge in [-0.1, -0.05) is 19.8 Å². The molecule has 0 aromatic rings. The Labute approximate surface area is 86.8 Å². The Kier molecular flexibility index (Phi) is 2.10. The van der Waals surface area contributed by atoms with Crippen LogP contribution in [0, 0.1) is 11.8 Å². The molecule has 5 unspecified atom stereocenters. The molecule has 0 aromatic heterocycles. The summed E-state index contributed by atoms with van der Waals surface area (Å²) in [6, 6.07) is 2.14. The average Bonchev–Trinajstić information content (AvgIpc) is 2.75. The number of nitrogens with zero attached hydrogens (tertiary/aromatic N) is 1. The van der Waals surface area contributed by atoms with Gasteiger partial charge in [0.1, 0.15) is 0 Å². The van der Waals surface area contributed by atoms with Crippen molar-refractivity contribution in [2.75, 3.05) is 6.54 Å². The van der Waals surface area contributed by atoms with E-state index in [0.29, 0.717) is 6.04 Å². The van der Waals surface area contributed by atoms with Crippen LogP contribution in [0.2, 0.25) is 0 Å². The Hall–Kier alpha value is -0.0800. The lowest BCUT2D eigenvalue weighted by Crippen LogP contribution is -2.52. The molecular formula is C12H22N2. The van der Waals surface area contributed by atoms with Crippen molar-refractivity contribution in [2.45, 2.75) is 57.2 Å². The Morgan fingerprint density at radius 1 is 1.14 bits per heavy atom. The summed E-state index contributed by atoms with van der Waals surface area (Å²) in [4.78, 5) is 2.75. The van der Waals surface area contributed by atoms with E-state index in [2.05, 4.69) is 11.8 Å². The zero-order valence-electron chi connectivity index (χ0n) is 9.15. The minimum Gasteiger partial charge on any atom is -0.326 e. The lowest BCUT2D eigenvalue weighted by Gasteiger charge is -2.41. The number of hydrogen-bond donors (Lipinski definition) is 1. The van der Waals surface area contributed by atoms with Gasteiger partial charge in [0.25, 0.3) is 0 Å². The maximum atomic E-state index is 6.13. The Morgan fingerprint density at radius 3 is 2.50 bits per heavy atom. The van der Waals surface area contributed by atoms with E-state index in [4.69, 9.17) is 5.73 Å². The van der Waals surface area contributed by atoms with Crippen LogP contribution in [0.3, 0.4) is 0 Å². The van der Waals surface area contributed by atoms with Crippen LogP contribution in [0.5, 0.6) is 0 Å². The van der Waals surface area contributed by atoms with Gasteiger partial charge in [0.15, 0.2) is 0 Å². The highest BCUT2D eigenvalue weighted by atomic mass is 15.3.